The molecule has 12 heteroatoms. The molecule has 4 heterocycles. The highest BCUT2D eigenvalue weighted by molar-refractivity contribution is 7.13. The zero-order valence-corrected chi connectivity index (χ0v) is 32.8. The Hall–Kier alpha value is -4.48. The van der Waals surface area contributed by atoms with Crippen LogP contribution in [0.15, 0.2) is 107 Å². The summed E-state index contributed by atoms with van der Waals surface area (Å²) in [5.74, 6) is 1.54. The fraction of sp³-hybridized carbons (Fsp3) is 0.333. The van der Waals surface area contributed by atoms with Crippen LogP contribution in [-0.4, -0.2) is 56.9 Å². The summed E-state index contributed by atoms with van der Waals surface area (Å²) >= 11 is 13.9. The highest BCUT2D eigenvalue weighted by Crippen LogP contribution is 2.38. The average molecular weight is 792 g/mol. The van der Waals surface area contributed by atoms with E-state index in [4.69, 9.17) is 46.9 Å². The monoisotopic (exact) mass is 790 g/mol. The molecule has 0 spiro atoms. The molecule has 0 radical (unpaired) electrons. The molecule has 0 saturated carbocycles. The number of thiophene rings is 1. The van der Waals surface area contributed by atoms with Gasteiger partial charge in [0, 0.05) is 27.9 Å². The van der Waals surface area contributed by atoms with Gasteiger partial charge in [0.25, 0.3) is 0 Å². The number of halogens is 2. The van der Waals surface area contributed by atoms with Crippen molar-refractivity contribution in [2.24, 2.45) is 5.92 Å². The summed E-state index contributed by atoms with van der Waals surface area (Å²) in [6, 6.07) is 25.9. The Morgan fingerprint density at radius 1 is 0.907 bits per heavy atom. The number of fused-ring (bicyclic) bond motifs is 3. The van der Waals surface area contributed by atoms with Crippen LogP contribution >= 0.6 is 34.5 Å². The molecule has 3 aliphatic rings. The number of alkyl carbamates (subject to hydrolysis) is 1. The minimum atomic E-state index is -0.750. The maximum absolute atomic E-state index is 13.6. The van der Waals surface area contributed by atoms with E-state index in [1.807, 2.05) is 60.7 Å². The molecule has 1 amide bonds. The van der Waals surface area contributed by atoms with Gasteiger partial charge in [0.1, 0.15) is 29.4 Å². The topological polar surface area (TPSA) is 95.6 Å². The lowest BCUT2D eigenvalue weighted by Crippen LogP contribution is -2.52. The van der Waals surface area contributed by atoms with E-state index in [1.165, 1.54) is 18.4 Å². The molecule has 1 aromatic heterocycles. The van der Waals surface area contributed by atoms with Crippen molar-refractivity contribution in [2.75, 3.05) is 33.9 Å². The van der Waals surface area contributed by atoms with E-state index < -0.39 is 24.2 Å². The maximum atomic E-state index is 13.6. The molecule has 3 aromatic carbocycles. The first-order valence-electron chi connectivity index (χ1n) is 17.8. The van der Waals surface area contributed by atoms with Crippen LogP contribution in [0.4, 0.5) is 4.79 Å². The fourth-order valence-corrected chi connectivity index (χ4v) is 8.20. The molecule has 9 nitrogen and oxygen atoms in total. The van der Waals surface area contributed by atoms with Crippen LogP contribution in [0.1, 0.15) is 69.6 Å². The van der Waals surface area contributed by atoms with Gasteiger partial charge in [-0.15, -0.1) is 11.3 Å². The Bertz CT molecular complexity index is 1970. The fourth-order valence-electron chi connectivity index (χ4n) is 6.93. The molecule has 7 rings (SSSR count). The molecule has 54 heavy (non-hydrogen) atoms. The van der Waals surface area contributed by atoms with Crippen LogP contribution in [0.5, 0.6) is 17.2 Å². The van der Waals surface area contributed by atoms with Gasteiger partial charge in [0.05, 0.1) is 20.3 Å². The number of hydrogen-bond donors (Lipinski definition) is 1. The number of hydrogen-bond acceptors (Lipinski definition) is 9. The Morgan fingerprint density at radius 3 is 2.31 bits per heavy atom. The predicted molar refractivity (Wildman–Crippen MR) is 212 cm³/mol. The smallest absolute Gasteiger partial charge is 0.408 e. The molecule has 3 saturated heterocycles. The van der Waals surface area contributed by atoms with E-state index >= 15 is 0 Å². The summed E-state index contributed by atoms with van der Waals surface area (Å²) in [7, 11) is 3.09. The van der Waals surface area contributed by atoms with Gasteiger partial charge in [-0.1, -0.05) is 78.3 Å². The first kappa shape index (κ1) is 39.2. The van der Waals surface area contributed by atoms with Crippen LogP contribution in [0.3, 0.4) is 0 Å². The first-order chi connectivity index (χ1) is 26.1. The molecular formula is C42H44Cl2N2O7S. The minimum Gasteiger partial charge on any atom is -0.493 e. The number of esters is 1. The molecule has 1 N–H and O–H groups in total. The van der Waals surface area contributed by atoms with Crippen LogP contribution in [0.2, 0.25) is 0 Å². The Balaban J connectivity index is 1.13. The van der Waals surface area contributed by atoms with E-state index in [0.717, 1.165) is 48.5 Å². The van der Waals surface area contributed by atoms with E-state index in [1.54, 1.807) is 38.3 Å². The third kappa shape index (κ3) is 9.78. The second-order valence-corrected chi connectivity index (χ2v) is 15.5. The standard InChI is InChI=1S/C42H44Cl2N2O7S/c1-26(43)34(27(2)44)23-36(30-13-15-35(49-3)37(22-30)50-4)52-41(47)39-16-14-33(54-39)25-51-32-12-8-11-31(21-32)40(29-9-6-5-7-10-29)45-42(48)53-38-24-46-19-17-28(38)18-20-46/h5-16,21-22,28,36,38,40H,1,17-20,23-25H2,2-4H3,(H,45,48)/b34-27+/t36-,38-,40-/m0/s1. The summed E-state index contributed by atoms with van der Waals surface area (Å²) in [6.45, 7) is 8.70. The van der Waals surface area contributed by atoms with Crippen LogP contribution < -0.4 is 19.5 Å². The lowest BCUT2D eigenvalue weighted by atomic mass is 9.86. The number of methoxy groups -OCH3 is 2. The van der Waals surface area contributed by atoms with Crippen molar-refractivity contribution in [3.05, 3.63) is 134 Å². The van der Waals surface area contributed by atoms with E-state index in [0.29, 0.717) is 44.2 Å². The number of ether oxygens (including phenoxy) is 5. The zero-order chi connectivity index (χ0) is 38.2. The zero-order valence-electron chi connectivity index (χ0n) is 30.5. The van der Waals surface area contributed by atoms with Gasteiger partial charge < -0.3 is 29.0 Å². The van der Waals surface area contributed by atoms with E-state index in [-0.39, 0.29) is 24.2 Å². The second-order valence-electron chi connectivity index (χ2n) is 13.3. The molecular weight excluding hydrogens is 747 g/mol. The van der Waals surface area contributed by atoms with Crippen LogP contribution in [0.25, 0.3) is 0 Å². The maximum Gasteiger partial charge on any atom is 0.408 e. The number of amides is 1. The van der Waals surface area contributed by atoms with Gasteiger partial charge in [-0.05, 0) is 97.4 Å². The average Bonchev–Trinajstić information content (AvgIpc) is 3.67. The number of rotatable bonds is 15. The van der Waals surface area contributed by atoms with Gasteiger partial charge in [-0.3, -0.25) is 4.90 Å². The molecule has 3 fully saturated rings. The van der Waals surface area contributed by atoms with E-state index in [2.05, 4.69) is 16.8 Å². The van der Waals surface area contributed by atoms with Crippen molar-refractivity contribution in [1.29, 1.82) is 0 Å². The Morgan fingerprint density at radius 2 is 1.65 bits per heavy atom. The van der Waals surface area contributed by atoms with Gasteiger partial charge in [0.2, 0.25) is 0 Å². The summed E-state index contributed by atoms with van der Waals surface area (Å²) < 4.78 is 29.2. The molecule has 3 atom stereocenters. The Labute approximate surface area is 330 Å². The number of nitrogens with one attached hydrogen (secondary N) is 1. The summed E-state index contributed by atoms with van der Waals surface area (Å²) in [4.78, 5) is 30.4. The predicted octanol–water partition coefficient (Wildman–Crippen LogP) is 9.81. The van der Waals surface area contributed by atoms with Crippen molar-refractivity contribution in [1.82, 2.24) is 10.2 Å². The van der Waals surface area contributed by atoms with Crippen molar-refractivity contribution < 1.29 is 33.3 Å². The summed E-state index contributed by atoms with van der Waals surface area (Å²) in [5.41, 5.74) is 3.02. The van der Waals surface area contributed by atoms with Crippen molar-refractivity contribution in [3.8, 4) is 17.2 Å². The molecule has 284 valence electrons. The van der Waals surface area contributed by atoms with Gasteiger partial charge in [-0.2, -0.15) is 0 Å². The van der Waals surface area contributed by atoms with Crippen LogP contribution in [-0.2, 0) is 16.1 Å². The number of nitrogens with zero attached hydrogens (tertiary/aromatic N) is 1. The summed E-state index contributed by atoms with van der Waals surface area (Å²) in [5, 5.41) is 3.83. The molecule has 0 unspecified atom stereocenters. The molecule has 2 bridgehead atoms. The number of benzene rings is 3. The van der Waals surface area contributed by atoms with Crippen LogP contribution in [0, 0.1) is 5.92 Å². The molecule has 4 aromatic rings. The van der Waals surface area contributed by atoms with Gasteiger partial charge in [0.15, 0.2) is 11.5 Å². The first-order valence-corrected chi connectivity index (χ1v) is 19.4. The number of carbonyl (C=O) groups is 2. The third-order valence-electron chi connectivity index (χ3n) is 9.85. The molecule has 0 aliphatic carbocycles. The van der Waals surface area contributed by atoms with Crippen molar-refractivity contribution in [3.63, 3.8) is 0 Å². The Kier molecular flexibility index (Phi) is 13.2. The normalized spacial score (nSPS) is 19.2. The lowest BCUT2D eigenvalue weighted by Gasteiger charge is -2.43. The van der Waals surface area contributed by atoms with Gasteiger partial charge in [-0.25, -0.2) is 9.59 Å². The number of piperidine rings is 3. The lowest BCUT2D eigenvalue weighted by molar-refractivity contribution is -0.0336. The third-order valence-corrected chi connectivity index (χ3v) is 11.3. The van der Waals surface area contributed by atoms with E-state index in [9.17, 15) is 9.59 Å². The van der Waals surface area contributed by atoms with Crippen molar-refractivity contribution in [2.45, 2.75) is 51.0 Å². The number of allylic oxidation sites excluding steroid dienone is 2. The largest absolute Gasteiger partial charge is 0.493 e. The van der Waals surface area contributed by atoms with Crippen molar-refractivity contribution >= 4 is 46.6 Å². The quantitative estimate of drug-likeness (QED) is 0.0940. The summed E-state index contributed by atoms with van der Waals surface area (Å²) in [6.07, 6.45) is 1.04. The van der Waals surface area contributed by atoms with Gasteiger partial charge >= 0.3 is 12.1 Å². The second kappa shape index (κ2) is 18.2. The highest BCUT2D eigenvalue weighted by Gasteiger charge is 2.37. The molecule has 3 aliphatic heterocycles. The minimum absolute atomic E-state index is 0.0989. The number of carbonyl (C=O) groups excluding carboxylic acids is 2. The highest BCUT2D eigenvalue weighted by atomic mass is 35.5. The SMILES string of the molecule is C=C(Cl)/C(C[C@H](OC(=O)c1ccc(COc2cccc([C@@H](NC(=O)O[C@H]3CN4CCC3CC4)c3ccccc3)c2)s1)c1ccc(OC)c(OC)c1)=C(\C)Cl.